The van der Waals surface area contributed by atoms with E-state index in [0.29, 0.717) is 5.82 Å². The summed E-state index contributed by atoms with van der Waals surface area (Å²) in [6.45, 7) is 0. The molecule has 5 heteroatoms. The van der Waals surface area contributed by atoms with E-state index in [2.05, 4.69) is 4.98 Å². The van der Waals surface area contributed by atoms with Crippen molar-refractivity contribution in [2.75, 3.05) is 0 Å². The van der Waals surface area contributed by atoms with Gasteiger partial charge in [0.25, 0.3) is 0 Å². The van der Waals surface area contributed by atoms with Crippen LogP contribution < -0.4 is 0 Å². The maximum absolute atomic E-state index is 13.6. The summed E-state index contributed by atoms with van der Waals surface area (Å²) in [6, 6.07) is 4.51. The van der Waals surface area contributed by atoms with Gasteiger partial charge < -0.3 is 9.67 Å². The van der Waals surface area contributed by atoms with Crippen molar-refractivity contribution in [1.29, 1.82) is 0 Å². The molecule has 3 nitrogen and oxygen atoms in total. The summed E-state index contributed by atoms with van der Waals surface area (Å²) in [6.07, 6.45) is 2.11. The van der Waals surface area contributed by atoms with Crippen LogP contribution in [-0.2, 0) is 7.05 Å². The second-order valence-electron chi connectivity index (χ2n) is 3.44. The predicted molar refractivity (Wildman–Crippen MR) is 58.7 cm³/mol. The van der Waals surface area contributed by atoms with E-state index in [-0.39, 0.29) is 10.6 Å². The monoisotopic (exact) mass is 240 g/mol. The molecule has 0 aliphatic carbocycles. The molecule has 0 bridgehead atoms. The number of benzene rings is 1. The van der Waals surface area contributed by atoms with E-state index in [0.717, 1.165) is 0 Å². The van der Waals surface area contributed by atoms with Gasteiger partial charge in [-0.05, 0) is 6.07 Å². The van der Waals surface area contributed by atoms with Gasteiger partial charge in [-0.3, -0.25) is 0 Å². The highest BCUT2D eigenvalue weighted by atomic mass is 35.5. The molecule has 2 rings (SSSR count). The molecule has 1 N–H and O–H groups in total. The summed E-state index contributed by atoms with van der Waals surface area (Å²) in [5, 5.41) is 9.98. The summed E-state index contributed by atoms with van der Waals surface area (Å²) in [5.41, 5.74) is 0.127. The van der Waals surface area contributed by atoms with E-state index < -0.39 is 11.9 Å². The molecule has 0 saturated carbocycles. The molecule has 0 spiro atoms. The summed E-state index contributed by atoms with van der Waals surface area (Å²) in [4.78, 5) is 3.97. The summed E-state index contributed by atoms with van der Waals surface area (Å²) < 4.78 is 15.3. The van der Waals surface area contributed by atoms with E-state index in [4.69, 9.17) is 11.6 Å². The number of aryl methyl sites for hydroxylation is 1. The Hall–Kier alpha value is -1.39. The first-order chi connectivity index (χ1) is 7.61. The molecule has 0 amide bonds. The summed E-state index contributed by atoms with van der Waals surface area (Å²) >= 11 is 5.65. The van der Waals surface area contributed by atoms with Gasteiger partial charge in [0.15, 0.2) is 0 Å². The predicted octanol–water partition coefficient (Wildman–Crippen LogP) is 2.29. The average molecular weight is 241 g/mol. The van der Waals surface area contributed by atoms with Crippen LogP contribution in [0.1, 0.15) is 17.5 Å². The molecule has 1 unspecified atom stereocenters. The Morgan fingerprint density at radius 2 is 2.25 bits per heavy atom. The third-order valence-electron chi connectivity index (χ3n) is 2.38. The Morgan fingerprint density at radius 1 is 1.50 bits per heavy atom. The van der Waals surface area contributed by atoms with Crippen molar-refractivity contribution in [3.05, 3.63) is 52.8 Å². The highest BCUT2D eigenvalue weighted by Crippen LogP contribution is 2.26. The van der Waals surface area contributed by atoms with Crippen LogP contribution in [0.15, 0.2) is 30.6 Å². The quantitative estimate of drug-likeness (QED) is 0.875. The standard InChI is InChI=1S/C11H10ClFN2O/c1-15-6-5-14-11(15)10(16)7-3-2-4-8(12)9(7)13/h2-6,10,16H,1H3. The van der Waals surface area contributed by atoms with Crippen molar-refractivity contribution in [1.82, 2.24) is 9.55 Å². The molecule has 1 aromatic heterocycles. The van der Waals surface area contributed by atoms with Crippen LogP contribution in [0.25, 0.3) is 0 Å². The van der Waals surface area contributed by atoms with Crippen LogP contribution in [-0.4, -0.2) is 14.7 Å². The molecular formula is C11H10ClFN2O. The fourth-order valence-electron chi connectivity index (χ4n) is 1.51. The Labute approximate surface area is 97.1 Å². The molecule has 0 radical (unpaired) electrons. The van der Waals surface area contributed by atoms with Gasteiger partial charge in [0.05, 0.1) is 5.02 Å². The molecule has 0 aliphatic rings. The molecule has 0 saturated heterocycles. The van der Waals surface area contributed by atoms with Crippen LogP contribution in [0.4, 0.5) is 4.39 Å². The van der Waals surface area contributed by atoms with E-state index in [1.807, 2.05) is 0 Å². The summed E-state index contributed by atoms with van der Waals surface area (Å²) in [7, 11) is 1.73. The van der Waals surface area contributed by atoms with Gasteiger partial charge in [0.1, 0.15) is 17.7 Å². The molecule has 0 fully saturated rings. The topological polar surface area (TPSA) is 38.0 Å². The minimum absolute atomic E-state index is 0.00856. The largest absolute Gasteiger partial charge is 0.380 e. The van der Waals surface area contributed by atoms with Crippen LogP contribution in [0.5, 0.6) is 0 Å². The Kier molecular flexibility index (Phi) is 2.94. The highest BCUT2D eigenvalue weighted by molar-refractivity contribution is 6.30. The third kappa shape index (κ3) is 1.81. The number of hydrogen-bond donors (Lipinski definition) is 1. The van der Waals surface area contributed by atoms with Crippen molar-refractivity contribution in [2.45, 2.75) is 6.10 Å². The van der Waals surface area contributed by atoms with Gasteiger partial charge in [0, 0.05) is 25.0 Å². The number of imidazole rings is 1. The number of halogens is 2. The first kappa shape index (κ1) is 11.1. The number of hydrogen-bond acceptors (Lipinski definition) is 2. The Morgan fingerprint density at radius 3 is 2.88 bits per heavy atom. The normalized spacial score (nSPS) is 12.8. The lowest BCUT2D eigenvalue weighted by atomic mass is 10.1. The van der Waals surface area contributed by atoms with E-state index in [1.165, 1.54) is 12.1 Å². The van der Waals surface area contributed by atoms with Gasteiger partial charge in [-0.25, -0.2) is 9.37 Å². The second-order valence-corrected chi connectivity index (χ2v) is 3.85. The minimum Gasteiger partial charge on any atom is -0.380 e. The zero-order chi connectivity index (χ0) is 11.7. The van der Waals surface area contributed by atoms with Gasteiger partial charge in [-0.2, -0.15) is 0 Å². The zero-order valence-corrected chi connectivity index (χ0v) is 9.32. The van der Waals surface area contributed by atoms with Crippen molar-refractivity contribution in [2.24, 2.45) is 7.05 Å². The molecule has 1 atom stereocenters. The van der Waals surface area contributed by atoms with Crippen LogP contribution in [0, 0.1) is 5.82 Å². The highest BCUT2D eigenvalue weighted by Gasteiger charge is 2.19. The second kappa shape index (κ2) is 4.23. The van der Waals surface area contributed by atoms with E-state index in [1.54, 1.807) is 30.1 Å². The molecular weight excluding hydrogens is 231 g/mol. The van der Waals surface area contributed by atoms with Gasteiger partial charge in [0.2, 0.25) is 0 Å². The van der Waals surface area contributed by atoms with Crippen LogP contribution in [0.2, 0.25) is 5.02 Å². The van der Waals surface area contributed by atoms with Gasteiger partial charge in [-0.1, -0.05) is 23.7 Å². The Balaban J connectivity index is 2.46. The fourth-order valence-corrected chi connectivity index (χ4v) is 1.69. The van der Waals surface area contributed by atoms with Gasteiger partial charge in [-0.15, -0.1) is 0 Å². The van der Waals surface area contributed by atoms with E-state index in [9.17, 15) is 9.50 Å². The number of nitrogens with zero attached hydrogens (tertiary/aromatic N) is 2. The average Bonchev–Trinajstić information content (AvgIpc) is 2.68. The van der Waals surface area contributed by atoms with Gasteiger partial charge >= 0.3 is 0 Å². The van der Waals surface area contributed by atoms with Crippen molar-refractivity contribution < 1.29 is 9.50 Å². The molecule has 0 aliphatic heterocycles. The Bertz CT molecular complexity index is 512. The van der Waals surface area contributed by atoms with Crippen molar-refractivity contribution >= 4 is 11.6 Å². The first-order valence-electron chi connectivity index (χ1n) is 4.70. The molecule has 2 aromatic rings. The first-order valence-corrected chi connectivity index (χ1v) is 5.08. The minimum atomic E-state index is -1.11. The lowest BCUT2D eigenvalue weighted by Gasteiger charge is -2.12. The lowest BCUT2D eigenvalue weighted by Crippen LogP contribution is -2.08. The number of aliphatic hydroxyl groups excluding tert-OH is 1. The summed E-state index contributed by atoms with van der Waals surface area (Å²) in [5.74, 6) is -0.235. The smallest absolute Gasteiger partial charge is 0.148 e. The number of aliphatic hydroxyl groups is 1. The zero-order valence-electron chi connectivity index (χ0n) is 8.56. The number of aromatic nitrogens is 2. The molecule has 16 heavy (non-hydrogen) atoms. The van der Waals surface area contributed by atoms with Crippen LogP contribution in [0.3, 0.4) is 0 Å². The van der Waals surface area contributed by atoms with Crippen LogP contribution >= 0.6 is 11.6 Å². The SMILES string of the molecule is Cn1ccnc1C(O)c1cccc(Cl)c1F. The maximum atomic E-state index is 13.6. The van der Waals surface area contributed by atoms with E-state index >= 15 is 0 Å². The molecule has 1 aromatic carbocycles. The fraction of sp³-hybridized carbons (Fsp3) is 0.182. The lowest BCUT2D eigenvalue weighted by molar-refractivity contribution is 0.201. The molecule has 84 valence electrons. The van der Waals surface area contributed by atoms with Crippen molar-refractivity contribution in [3.8, 4) is 0 Å². The van der Waals surface area contributed by atoms with Crippen molar-refractivity contribution in [3.63, 3.8) is 0 Å². The maximum Gasteiger partial charge on any atom is 0.148 e. The number of rotatable bonds is 2. The third-order valence-corrected chi connectivity index (χ3v) is 2.67. The molecule has 1 heterocycles.